The van der Waals surface area contributed by atoms with Crippen molar-refractivity contribution >= 4 is 11.0 Å². The van der Waals surface area contributed by atoms with Crippen molar-refractivity contribution in [2.24, 2.45) is 5.73 Å². The van der Waals surface area contributed by atoms with Gasteiger partial charge >= 0.3 is 0 Å². The molecule has 0 spiro atoms. The van der Waals surface area contributed by atoms with E-state index in [1.807, 2.05) is 0 Å². The molecule has 4 rings (SSSR count). The van der Waals surface area contributed by atoms with Gasteiger partial charge in [0.1, 0.15) is 5.82 Å². The second kappa shape index (κ2) is 8.77. The molecule has 2 heterocycles. The monoisotopic (exact) mass is 347 g/mol. The molecule has 1 saturated carbocycles. The van der Waals surface area contributed by atoms with Crippen LogP contribution in [-0.2, 0) is 0 Å². The Kier molecular flexibility index (Phi) is 6.43. The van der Waals surface area contributed by atoms with E-state index < -0.39 is 0 Å². The van der Waals surface area contributed by atoms with Crippen molar-refractivity contribution in [3.05, 3.63) is 29.7 Å². The summed E-state index contributed by atoms with van der Waals surface area (Å²) in [5, 5.41) is 5.11. The third kappa shape index (κ3) is 4.79. The van der Waals surface area contributed by atoms with Gasteiger partial charge in [-0.15, -0.1) is 0 Å². The lowest BCUT2D eigenvalue weighted by Gasteiger charge is -2.29. The summed E-state index contributed by atoms with van der Waals surface area (Å²) in [6.45, 7) is 5.51. The number of aromatic nitrogens is 1. The average Bonchev–Trinajstić information content (AvgIpc) is 3.06. The van der Waals surface area contributed by atoms with Crippen molar-refractivity contribution < 1.29 is 8.91 Å². The third-order valence-electron chi connectivity index (χ3n) is 5.53. The zero-order chi connectivity index (χ0) is 17.6. The third-order valence-corrected chi connectivity index (χ3v) is 5.53. The van der Waals surface area contributed by atoms with E-state index in [2.05, 4.69) is 17.0 Å². The maximum atomic E-state index is 13.1. The number of halogens is 1. The number of fused-ring (bicyclic) bond motifs is 1. The molecule has 2 fully saturated rings. The molecule has 1 aliphatic heterocycles. The van der Waals surface area contributed by atoms with Crippen LogP contribution >= 0.6 is 0 Å². The fraction of sp³-hybridized carbons (Fsp3) is 0.650. The summed E-state index contributed by atoms with van der Waals surface area (Å²) in [5.41, 5.74) is 7.19. The molecule has 138 valence electrons. The van der Waals surface area contributed by atoms with Crippen molar-refractivity contribution in [2.45, 2.75) is 63.8 Å². The summed E-state index contributed by atoms with van der Waals surface area (Å²) in [6.07, 6.45) is 8.87. The highest BCUT2D eigenvalue weighted by molar-refractivity contribution is 5.79. The van der Waals surface area contributed by atoms with Crippen LogP contribution in [0.3, 0.4) is 0 Å². The van der Waals surface area contributed by atoms with Crippen molar-refractivity contribution in [2.75, 3.05) is 19.6 Å². The molecular formula is C20H30FN3O. The number of benzene rings is 1. The molecule has 0 radical (unpaired) electrons. The minimum atomic E-state index is -0.272. The molecule has 2 aliphatic rings. The predicted octanol–water partition coefficient (Wildman–Crippen LogP) is 4.44. The fourth-order valence-corrected chi connectivity index (χ4v) is 3.88. The molecule has 0 bridgehead atoms. The SMILES string of the molecule is CCN1CCC(c2noc3cc(F)ccc23)CC1.NC1CCCCC1. The lowest BCUT2D eigenvalue weighted by atomic mass is 9.91. The molecule has 5 heteroatoms. The number of rotatable bonds is 2. The Morgan fingerprint density at radius 1 is 1.16 bits per heavy atom. The Hall–Kier alpha value is -1.46. The Labute approximate surface area is 149 Å². The van der Waals surface area contributed by atoms with Gasteiger partial charge in [-0.25, -0.2) is 4.39 Å². The van der Waals surface area contributed by atoms with Gasteiger partial charge in [-0.3, -0.25) is 0 Å². The lowest BCUT2D eigenvalue weighted by Crippen LogP contribution is -2.32. The molecule has 2 aromatic rings. The maximum absolute atomic E-state index is 13.1. The number of nitrogens with two attached hydrogens (primary N) is 1. The van der Waals surface area contributed by atoms with Crippen LogP contribution in [0.4, 0.5) is 4.39 Å². The zero-order valence-corrected chi connectivity index (χ0v) is 15.2. The number of hydrogen-bond donors (Lipinski definition) is 1. The summed E-state index contributed by atoms with van der Waals surface area (Å²) >= 11 is 0. The predicted molar refractivity (Wildman–Crippen MR) is 99.1 cm³/mol. The Bertz CT molecular complexity index is 658. The van der Waals surface area contributed by atoms with E-state index in [0.29, 0.717) is 17.5 Å². The zero-order valence-electron chi connectivity index (χ0n) is 15.2. The molecule has 2 N–H and O–H groups in total. The maximum Gasteiger partial charge on any atom is 0.170 e. The highest BCUT2D eigenvalue weighted by Crippen LogP contribution is 2.32. The summed E-state index contributed by atoms with van der Waals surface area (Å²) in [5.74, 6) is 0.172. The van der Waals surface area contributed by atoms with Gasteiger partial charge in [0.2, 0.25) is 0 Å². The van der Waals surface area contributed by atoms with Crippen LogP contribution in [0.25, 0.3) is 11.0 Å². The van der Waals surface area contributed by atoms with Gasteiger partial charge < -0.3 is 15.2 Å². The molecule has 1 aromatic carbocycles. The van der Waals surface area contributed by atoms with E-state index in [-0.39, 0.29) is 5.82 Å². The number of piperidine rings is 1. The number of hydrogen-bond acceptors (Lipinski definition) is 4. The van der Waals surface area contributed by atoms with Gasteiger partial charge in [0.25, 0.3) is 0 Å². The van der Waals surface area contributed by atoms with Gasteiger partial charge in [-0.05, 0) is 57.5 Å². The topological polar surface area (TPSA) is 55.3 Å². The van der Waals surface area contributed by atoms with Crippen LogP contribution in [0, 0.1) is 5.82 Å². The Morgan fingerprint density at radius 3 is 2.48 bits per heavy atom. The van der Waals surface area contributed by atoms with Crippen molar-refractivity contribution in [1.82, 2.24) is 10.1 Å². The molecule has 4 nitrogen and oxygen atoms in total. The standard InChI is InChI=1S/C14H17FN2O.C6H13N/c1-2-17-7-5-10(6-8-17)14-12-4-3-11(15)9-13(12)18-16-14;7-6-4-2-1-3-5-6/h3-4,9-10H,2,5-8H2,1H3;6H,1-5,7H2. The van der Waals surface area contributed by atoms with Crippen molar-refractivity contribution in [3.8, 4) is 0 Å². The average molecular weight is 347 g/mol. The fourth-order valence-electron chi connectivity index (χ4n) is 3.88. The normalized spacial score (nSPS) is 20.4. The number of likely N-dealkylation sites (tertiary alicyclic amines) is 1. The highest BCUT2D eigenvalue weighted by atomic mass is 19.1. The lowest BCUT2D eigenvalue weighted by molar-refractivity contribution is 0.219. The van der Waals surface area contributed by atoms with Crippen LogP contribution in [-0.4, -0.2) is 35.7 Å². The minimum Gasteiger partial charge on any atom is -0.356 e. The van der Waals surface area contributed by atoms with Crippen LogP contribution < -0.4 is 5.73 Å². The first-order valence-corrected chi connectivity index (χ1v) is 9.70. The minimum absolute atomic E-state index is 0.272. The molecule has 0 atom stereocenters. The van der Waals surface area contributed by atoms with Crippen molar-refractivity contribution in [3.63, 3.8) is 0 Å². The first-order chi connectivity index (χ1) is 12.2. The summed E-state index contributed by atoms with van der Waals surface area (Å²) in [4.78, 5) is 2.44. The van der Waals surface area contributed by atoms with Crippen LogP contribution in [0.1, 0.15) is 63.5 Å². The van der Waals surface area contributed by atoms with E-state index in [0.717, 1.165) is 43.6 Å². The van der Waals surface area contributed by atoms with Gasteiger partial charge in [0, 0.05) is 23.4 Å². The summed E-state index contributed by atoms with van der Waals surface area (Å²) in [6, 6.07) is 5.20. The molecule has 1 saturated heterocycles. The van der Waals surface area contributed by atoms with Gasteiger partial charge in [-0.2, -0.15) is 0 Å². The first kappa shape index (κ1) is 18.3. The van der Waals surface area contributed by atoms with E-state index in [1.54, 1.807) is 6.07 Å². The smallest absolute Gasteiger partial charge is 0.170 e. The van der Waals surface area contributed by atoms with E-state index in [4.69, 9.17) is 10.3 Å². The molecule has 0 unspecified atom stereocenters. The van der Waals surface area contributed by atoms with Gasteiger partial charge in [-0.1, -0.05) is 31.3 Å². The van der Waals surface area contributed by atoms with E-state index >= 15 is 0 Å². The van der Waals surface area contributed by atoms with Crippen LogP contribution in [0.15, 0.2) is 22.7 Å². The van der Waals surface area contributed by atoms with Crippen LogP contribution in [0.2, 0.25) is 0 Å². The largest absolute Gasteiger partial charge is 0.356 e. The summed E-state index contributed by atoms with van der Waals surface area (Å²) < 4.78 is 18.3. The first-order valence-electron chi connectivity index (χ1n) is 9.70. The van der Waals surface area contributed by atoms with Gasteiger partial charge in [0.05, 0.1) is 5.69 Å². The highest BCUT2D eigenvalue weighted by Gasteiger charge is 2.24. The van der Waals surface area contributed by atoms with Crippen LogP contribution in [0.5, 0.6) is 0 Å². The Balaban J connectivity index is 0.000000219. The molecular weight excluding hydrogens is 317 g/mol. The Morgan fingerprint density at radius 2 is 1.88 bits per heavy atom. The second-order valence-corrected chi connectivity index (χ2v) is 7.31. The molecule has 1 aliphatic carbocycles. The molecule has 1 aromatic heterocycles. The number of nitrogens with zero attached hydrogens (tertiary/aromatic N) is 2. The molecule has 25 heavy (non-hydrogen) atoms. The molecule has 0 amide bonds. The van der Waals surface area contributed by atoms with E-state index in [1.165, 1.54) is 44.2 Å². The second-order valence-electron chi connectivity index (χ2n) is 7.31. The summed E-state index contributed by atoms with van der Waals surface area (Å²) in [7, 11) is 0. The van der Waals surface area contributed by atoms with E-state index in [9.17, 15) is 4.39 Å². The van der Waals surface area contributed by atoms with Gasteiger partial charge in [0.15, 0.2) is 5.58 Å². The van der Waals surface area contributed by atoms with Crippen molar-refractivity contribution in [1.29, 1.82) is 0 Å². The quantitative estimate of drug-likeness (QED) is 0.872.